The van der Waals surface area contributed by atoms with E-state index in [1.807, 2.05) is 0 Å². The molecule has 0 amide bonds. The Labute approximate surface area is 171 Å². The number of carbonyl (C=O) groups is 1. The first-order chi connectivity index (χ1) is 13.2. The van der Waals surface area contributed by atoms with Crippen LogP contribution in [0.4, 0.5) is 0 Å². The van der Waals surface area contributed by atoms with Crippen molar-refractivity contribution in [1.82, 2.24) is 0 Å². The van der Waals surface area contributed by atoms with E-state index in [1.165, 1.54) is 109 Å². The molecule has 0 bridgehead atoms. The van der Waals surface area contributed by atoms with E-state index in [9.17, 15) is 4.79 Å². The van der Waals surface area contributed by atoms with Crippen LogP contribution < -0.4 is 0 Å². The van der Waals surface area contributed by atoms with Crippen LogP contribution in [0.25, 0.3) is 0 Å². The molecule has 0 N–H and O–H groups in total. The van der Waals surface area contributed by atoms with Crippen molar-refractivity contribution >= 4 is 5.97 Å². The Hall–Kier alpha value is -0.530. The maximum atomic E-state index is 11.9. The molecule has 0 aliphatic heterocycles. The molecule has 0 radical (unpaired) electrons. The van der Waals surface area contributed by atoms with Crippen LogP contribution in [0.5, 0.6) is 0 Å². The molecule has 0 aromatic carbocycles. The maximum absolute atomic E-state index is 11.9. The Morgan fingerprint density at radius 1 is 0.593 bits per heavy atom. The van der Waals surface area contributed by atoms with Crippen molar-refractivity contribution < 1.29 is 9.53 Å². The number of carbonyl (C=O) groups excluding carboxylic acids is 1. The molecule has 0 spiro atoms. The van der Waals surface area contributed by atoms with E-state index in [0.717, 1.165) is 12.8 Å². The van der Waals surface area contributed by atoms with E-state index in [0.29, 0.717) is 6.42 Å². The van der Waals surface area contributed by atoms with Gasteiger partial charge in [-0.05, 0) is 26.2 Å². The minimum absolute atomic E-state index is 0.0152. The highest BCUT2D eigenvalue weighted by atomic mass is 16.5. The van der Waals surface area contributed by atoms with Gasteiger partial charge in [-0.2, -0.15) is 0 Å². The zero-order valence-electron chi connectivity index (χ0n) is 19.0. The Kier molecular flexibility index (Phi) is 21.3. The first-order valence-electron chi connectivity index (χ1n) is 12.4. The summed E-state index contributed by atoms with van der Waals surface area (Å²) in [6, 6.07) is 0. The van der Waals surface area contributed by atoms with Gasteiger partial charge >= 0.3 is 5.97 Å². The number of unbranched alkanes of at least 4 members (excludes halogenated alkanes) is 16. The number of hydrogen-bond donors (Lipinski definition) is 0. The molecule has 2 heteroatoms. The van der Waals surface area contributed by atoms with Crippen molar-refractivity contribution in [1.29, 1.82) is 0 Å². The fourth-order valence-corrected chi connectivity index (χ4v) is 3.66. The van der Waals surface area contributed by atoms with Crippen LogP contribution in [-0.2, 0) is 9.53 Å². The predicted molar refractivity (Wildman–Crippen MR) is 119 cm³/mol. The maximum Gasteiger partial charge on any atom is 0.306 e. The average Bonchev–Trinajstić information content (AvgIpc) is 2.65. The van der Waals surface area contributed by atoms with Crippen LogP contribution in [0.15, 0.2) is 0 Å². The molecule has 27 heavy (non-hydrogen) atoms. The SMILES string of the molecule is CCCCCCCCCCCCCC(=O)OC(C)CCCCCCCCC. The van der Waals surface area contributed by atoms with Gasteiger partial charge in [-0.1, -0.05) is 117 Å². The molecule has 1 unspecified atom stereocenters. The quantitative estimate of drug-likeness (QED) is 0.146. The smallest absolute Gasteiger partial charge is 0.306 e. The van der Waals surface area contributed by atoms with Gasteiger partial charge in [-0.25, -0.2) is 0 Å². The van der Waals surface area contributed by atoms with Gasteiger partial charge in [-0.15, -0.1) is 0 Å². The Balaban J connectivity index is 3.30. The molecule has 0 aromatic heterocycles. The fraction of sp³-hybridized carbons (Fsp3) is 0.960. The summed E-state index contributed by atoms with van der Waals surface area (Å²) in [7, 11) is 0. The third kappa shape index (κ3) is 21.6. The first-order valence-corrected chi connectivity index (χ1v) is 12.4. The van der Waals surface area contributed by atoms with Gasteiger partial charge in [0, 0.05) is 6.42 Å². The van der Waals surface area contributed by atoms with Crippen molar-refractivity contribution in [2.45, 2.75) is 155 Å². The van der Waals surface area contributed by atoms with Crippen LogP contribution in [0.2, 0.25) is 0 Å². The van der Waals surface area contributed by atoms with Gasteiger partial charge in [0.15, 0.2) is 0 Å². The zero-order valence-corrected chi connectivity index (χ0v) is 19.0. The van der Waals surface area contributed by atoms with Crippen LogP contribution in [0.1, 0.15) is 149 Å². The van der Waals surface area contributed by atoms with Gasteiger partial charge in [0.05, 0.1) is 6.10 Å². The van der Waals surface area contributed by atoms with Crippen LogP contribution in [0, 0.1) is 0 Å². The molecule has 2 nitrogen and oxygen atoms in total. The highest BCUT2D eigenvalue weighted by Gasteiger charge is 2.09. The summed E-state index contributed by atoms with van der Waals surface area (Å²) in [4.78, 5) is 11.9. The summed E-state index contributed by atoms with van der Waals surface area (Å²) in [5.41, 5.74) is 0. The molecule has 0 saturated carbocycles. The summed E-state index contributed by atoms with van der Waals surface area (Å²) in [5, 5.41) is 0. The molecule has 0 aliphatic carbocycles. The van der Waals surface area contributed by atoms with E-state index < -0.39 is 0 Å². The normalized spacial score (nSPS) is 12.3. The Morgan fingerprint density at radius 3 is 1.41 bits per heavy atom. The van der Waals surface area contributed by atoms with Crippen molar-refractivity contribution in [3.05, 3.63) is 0 Å². The molecule has 0 aliphatic rings. The summed E-state index contributed by atoms with van der Waals surface area (Å²) in [6.07, 6.45) is 25.5. The van der Waals surface area contributed by atoms with Gasteiger partial charge in [0.2, 0.25) is 0 Å². The van der Waals surface area contributed by atoms with E-state index in [-0.39, 0.29) is 12.1 Å². The zero-order chi connectivity index (χ0) is 20.0. The van der Waals surface area contributed by atoms with Crippen LogP contribution in [-0.4, -0.2) is 12.1 Å². The van der Waals surface area contributed by atoms with Crippen molar-refractivity contribution in [2.75, 3.05) is 0 Å². The van der Waals surface area contributed by atoms with E-state index >= 15 is 0 Å². The van der Waals surface area contributed by atoms with Crippen LogP contribution in [0.3, 0.4) is 0 Å². The third-order valence-electron chi connectivity index (χ3n) is 5.53. The van der Waals surface area contributed by atoms with Gasteiger partial charge in [-0.3, -0.25) is 4.79 Å². The Bertz CT molecular complexity index is 301. The fourth-order valence-electron chi connectivity index (χ4n) is 3.66. The van der Waals surface area contributed by atoms with E-state index in [1.54, 1.807) is 0 Å². The minimum Gasteiger partial charge on any atom is -0.463 e. The summed E-state index contributed by atoms with van der Waals surface area (Å²) >= 11 is 0. The lowest BCUT2D eigenvalue weighted by Crippen LogP contribution is -2.14. The van der Waals surface area contributed by atoms with E-state index in [2.05, 4.69) is 20.8 Å². The second-order valence-corrected chi connectivity index (χ2v) is 8.50. The summed E-state index contributed by atoms with van der Waals surface area (Å²) in [6.45, 7) is 6.58. The monoisotopic (exact) mass is 382 g/mol. The average molecular weight is 383 g/mol. The lowest BCUT2D eigenvalue weighted by atomic mass is 10.1. The highest BCUT2D eigenvalue weighted by molar-refractivity contribution is 5.69. The van der Waals surface area contributed by atoms with Crippen molar-refractivity contribution in [3.8, 4) is 0 Å². The molecule has 1 atom stereocenters. The second-order valence-electron chi connectivity index (χ2n) is 8.50. The molecule has 0 saturated heterocycles. The lowest BCUT2D eigenvalue weighted by Gasteiger charge is -2.13. The molecule has 0 fully saturated rings. The standard InChI is InChI=1S/C25H50O2/c1-4-6-8-10-12-13-14-15-17-19-21-23-25(26)27-24(3)22-20-18-16-11-9-7-5-2/h24H,4-23H2,1-3H3. The molecular formula is C25H50O2. The highest BCUT2D eigenvalue weighted by Crippen LogP contribution is 2.14. The van der Waals surface area contributed by atoms with Crippen molar-refractivity contribution in [2.24, 2.45) is 0 Å². The number of rotatable bonds is 21. The third-order valence-corrected chi connectivity index (χ3v) is 5.53. The summed E-state index contributed by atoms with van der Waals surface area (Å²) < 4.78 is 5.55. The number of ether oxygens (including phenoxy) is 1. The molecule has 162 valence electrons. The molecule has 0 heterocycles. The molecular weight excluding hydrogens is 332 g/mol. The molecule has 0 aromatic rings. The minimum atomic E-state index is 0.0152. The molecule has 0 rings (SSSR count). The van der Waals surface area contributed by atoms with Crippen LogP contribution >= 0.6 is 0 Å². The first kappa shape index (κ1) is 26.5. The van der Waals surface area contributed by atoms with Gasteiger partial charge < -0.3 is 4.74 Å². The lowest BCUT2D eigenvalue weighted by molar-refractivity contribution is -0.148. The summed E-state index contributed by atoms with van der Waals surface area (Å²) in [5.74, 6) is 0.0152. The predicted octanol–water partition coefficient (Wildman–Crippen LogP) is 8.76. The number of hydrogen-bond acceptors (Lipinski definition) is 2. The second kappa shape index (κ2) is 21.8. The van der Waals surface area contributed by atoms with E-state index in [4.69, 9.17) is 4.74 Å². The van der Waals surface area contributed by atoms with Crippen molar-refractivity contribution in [3.63, 3.8) is 0 Å². The topological polar surface area (TPSA) is 26.3 Å². The Morgan fingerprint density at radius 2 is 0.963 bits per heavy atom. The largest absolute Gasteiger partial charge is 0.463 e. The van der Waals surface area contributed by atoms with Gasteiger partial charge in [0.25, 0.3) is 0 Å². The number of esters is 1. The van der Waals surface area contributed by atoms with Gasteiger partial charge in [0.1, 0.15) is 0 Å².